The van der Waals surface area contributed by atoms with Gasteiger partial charge >= 0.3 is 6.18 Å². The highest BCUT2D eigenvalue weighted by molar-refractivity contribution is 7.89. The number of nitrogens with zero attached hydrogens (tertiary/aromatic N) is 6. The first-order chi connectivity index (χ1) is 18.7. The lowest BCUT2D eigenvalue weighted by Gasteiger charge is -2.33. The van der Waals surface area contributed by atoms with Crippen LogP contribution in [-0.4, -0.2) is 113 Å². The molecule has 0 bridgehead atoms. The van der Waals surface area contributed by atoms with E-state index in [0.717, 1.165) is 50.3 Å². The van der Waals surface area contributed by atoms with Crippen LogP contribution >= 0.6 is 11.3 Å². The molecular formula is C25H38F3N7O3S2. The second kappa shape index (κ2) is 12.5. The molecule has 40 heavy (non-hydrogen) atoms. The van der Waals surface area contributed by atoms with E-state index in [1.54, 1.807) is 13.8 Å². The molecule has 0 saturated carbocycles. The predicted octanol–water partition coefficient (Wildman–Crippen LogP) is 2.78. The number of aliphatic hydroxyl groups is 1. The number of aromatic nitrogens is 3. The van der Waals surface area contributed by atoms with E-state index in [1.165, 1.54) is 10.5 Å². The lowest BCUT2D eigenvalue weighted by atomic mass is 10.1. The second-order valence-corrected chi connectivity index (χ2v) is 14.4. The van der Waals surface area contributed by atoms with Crippen molar-refractivity contribution in [3.05, 3.63) is 23.0 Å². The van der Waals surface area contributed by atoms with Gasteiger partial charge in [-0.25, -0.2) is 27.7 Å². The smallest absolute Gasteiger partial charge is 0.390 e. The van der Waals surface area contributed by atoms with E-state index < -0.39 is 27.4 Å². The Balaban J connectivity index is 1.35. The molecule has 2 N–H and O–H groups in total. The van der Waals surface area contributed by atoms with Gasteiger partial charge in [0, 0.05) is 64.1 Å². The minimum Gasteiger partial charge on any atom is -0.390 e. The standard InChI is InChI=1S/C25H38F3N7O3S2/c1-24(2,36)15-21-29-17-20(39-21)22-19(25(26,27)28)16-30-23(32-22)31-18-5-8-35(9-6-18)40(37,38)14-4-7-34-12-10-33(3)11-13-34/h16-18,36H,4-15H2,1-3H3,(H,30,31,32). The van der Waals surface area contributed by atoms with Gasteiger partial charge in [-0.15, -0.1) is 11.3 Å². The van der Waals surface area contributed by atoms with Gasteiger partial charge < -0.3 is 20.2 Å². The van der Waals surface area contributed by atoms with Crippen molar-refractivity contribution in [3.63, 3.8) is 0 Å². The highest BCUT2D eigenvalue weighted by Gasteiger charge is 2.36. The maximum absolute atomic E-state index is 13.7. The number of piperidine rings is 1. The fourth-order valence-electron chi connectivity index (χ4n) is 4.85. The maximum atomic E-state index is 13.7. The van der Waals surface area contributed by atoms with Gasteiger partial charge in [0.05, 0.1) is 26.9 Å². The van der Waals surface area contributed by atoms with Crippen LogP contribution in [0, 0.1) is 0 Å². The maximum Gasteiger partial charge on any atom is 0.420 e. The molecule has 224 valence electrons. The summed E-state index contributed by atoms with van der Waals surface area (Å²) < 4.78 is 68.5. The highest BCUT2D eigenvalue weighted by Crippen LogP contribution is 2.38. The van der Waals surface area contributed by atoms with Crippen molar-refractivity contribution >= 4 is 27.3 Å². The van der Waals surface area contributed by atoms with Crippen LogP contribution in [-0.2, 0) is 22.6 Å². The van der Waals surface area contributed by atoms with Crippen LogP contribution in [0.25, 0.3) is 10.6 Å². The SMILES string of the molecule is CN1CCN(CCCS(=O)(=O)N2CCC(Nc3ncc(C(F)(F)F)c(-c4cnc(CC(C)(C)O)s4)n3)CC2)CC1. The van der Waals surface area contributed by atoms with Gasteiger partial charge in [-0.3, -0.25) is 0 Å². The minimum atomic E-state index is -4.65. The molecule has 0 spiro atoms. The molecule has 2 saturated heterocycles. The third-order valence-electron chi connectivity index (χ3n) is 7.12. The summed E-state index contributed by atoms with van der Waals surface area (Å²) in [5.74, 6) is 0.154. The lowest BCUT2D eigenvalue weighted by molar-refractivity contribution is -0.137. The van der Waals surface area contributed by atoms with Gasteiger partial charge in [0.1, 0.15) is 5.56 Å². The van der Waals surface area contributed by atoms with Gasteiger partial charge in [-0.2, -0.15) is 13.2 Å². The monoisotopic (exact) mass is 605 g/mol. The van der Waals surface area contributed by atoms with Crippen LogP contribution in [0.15, 0.2) is 12.4 Å². The number of thiazole rings is 1. The van der Waals surface area contributed by atoms with Gasteiger partial charge in [-0.05, 0) is 46.7 Å². The average molecular weight is 606 g/mol. The van der Waals surface area contributed by atoms with Crippen molar-refractivity contribution in [2.45, 2.75) is 57.3 Å². The number of sulfonamides is 1. The molecule has 10 nitrogen and oxygen atoms in total. The van der Waals surface area contributed by atoms with Gasteiger partial charge in [-0.1, -0.05) is 0 Å². The molecule has 0 aliphatic carbocycles. The number of piperazine rings is 1. The molecule has 15 heteroatoms. The van der Waals surface area contributed by atoms with E-state index in [-0.39, 0.29) is 34.7 Å². The number of alkyl halides is 3. The van der Waals surface area contributed by atoms with Crippen LogP contribution < -0.4 is 5.32 Å². The second-order valence-electron chi connectivity index (χ2n) is 11.2. The zero-order valence-corrected chi connectivity index (χ0v) is 24.7. The van der Waals surface area contributed by atoms with Gasteiger partial charge in [0.25, 0.3) is 0 Å². The molecule has 4 heterocycles. The molecule has 0 atom stereocenters. The predicted molar refractivity (Wildman–Crippen MR) is 149 cm³/mol. The lowest BCUT2D eigenvalue weighted by Crippen LogP contribution is -2.46. The molecule has 0 radical (unpaired) electrons. The van der Waals surface area contributed by atoms with Crippen LogP contribution in [0.3, 0.4) is 0 Å². The van der Waals surface area contributed by atoms with Crippen LogP contribution in [0.4, 0.5) is 19.1 Å². The van der Waals surface area contributed by atoms with E-state index >= 15 is 0 Å². The van der Waals surface area contributed by atoms with Crippen molar-refractivity contribution < 1.29 is 26.7 Å². The zero-order valence-electron chi connectivity index (χ0n) is 23.1. The quantitative estimate of drug-likeness (QED) is 0.422. The van der Waals surface area contributed by atoms with Crippen molar-refractivity contribution in [1.82, 2.24) is 29.1 Å². The summed E-state index contributed by atoms with van der Waals surface area (Å²) in [6.07, 6.45) is -0.784. The van der Waals surface area contributed by atoms with Crippen LogP contribution in [0.2, 0.25) is 0 Å². The summed E-state index contributed by atoms with van der Waals surface area (Å²) >= 11 is 1.05. The third-order valence-corrected chi connectivity index (χ3v) is 10.1. The summed E-state index contributed by atoms with van der Waals surface area (Å²) in [6, 6.07) is -0.173. The molecule has 0 amide bonds. The fourth-order valence-corrected chi connectivity index (χ4v) is 7.51. The Morgan fingerprint density at radius 2 is 1.75 bits per heavy atom. The molecule has 2 aliphatic heterocycles. The topological polar surface area (TPSA) is 115 Å². The molecule has 0 unspecified atom stereocenters. The van der Waals surface area contributed by atoms with E-state index in [4.69, 9.17) is 0 Å². The van der Waals surface area contributed by atoms with Crippen molar-refractivity contribution in [3.8, 4) is 10.6 Å². The van der Waals surface area contributed by atoms with E-state index in [1.807, 2.05) is 0 Å². The number of hydrogen-bond acceptors (Lipinski definition) is 10. The highest BCUT2D eigenvalue weighted by atomic mass is 32.2. The third kappa shape index (κ3) is 8.55. The number of anilines is 1. The Morgan fingerprint density at radius 3 is 2.38 bits per heavy atom. The van der Waals surface area contributed by atoms with Crippen LogP contribution in [0.5, 0.6) is 0 Å². The average Bonchev–Trinajstić information content (AvgIpc) is 3.31. The van der Waals surface area contributed by atoms with Crippen molar-refractivity contribution in [2.24, 2.45) is 0 Å². The normalized spacial score (nSPS) is 19.3. The first kappa shape index (κ1) is 31.0. The van der Waals surface area contributed by atoms with Gasteiger partial charge in [0.2, 0.25) is 16.0 Å². The molecule has 2 fully saturated rings. The number of nitrogens with one attached hydrogen (secondary N) is 1. The molecule has 4 rings (SSSR count). The van der Waals surface area contributed by atoms with E-state index in [9.17, 15) is 26.7 Å². The van der Waals surface area contributed by atoms with Crippen molar-refractivity contribution in [1.29, 1.82) is 0 Å². The number of likely N-dealkylation sites (N-methyl/N-ethyl adjacent to an activating group) is 1. The summed E-state index contributed by atoms with van der Waals surface area (Å²) in [5.41, 5.74) is -2.29. The summed E-state index contributed by atoms with van der Waals surface area (Å²) in [6.45, 7) is 8.51. The van der Waals surface area contributed by atoms with E-state index in [2.05, 4.69) is 37.1 Å². The largest absolute Gasteiger partial charge is 0.420 e. The Morgan fingerprint density at radius 1 is 1.07 bits per heavy atom. The molecular weight excluding hydrogens is 567 g/mol. The first-order valence-corrected chi connectivity index (χ1v) is 15.9. The Labute approximate surface area is 237 Å². The molecule has 2 aromatic rings. The summed E-state index contributed by atoms with van der Waals surface area (Å²) in [4.78, 5) is 17.1. The first-order valence-electron chi connectivity index (χ1n) is 13.5. The van der Waals surface area contributed by atoms with Crippen molar-refractivity contribution in [2.75, 3.05) is 63.9 Å². The number of halogens is 3. The van der Waals surface area contributed by atoms with E-state index in [0.29, 0.717) is 37.4 Å². The number of rotatable bonds is 10. The fraction of sp³-hybridized carbons (Fsp3) is 0.720. The number of hydrogen-bond donors (Lipinski definition) is 2. The molecule has 2 aromatic heterocycles. The Kier molecular flexibility index (Phi) is 9.72. The van der Waals surface area contributed by atoms with Crippen LogP contribution in [0.1, 0.15) is 43.7 Å². The summed E-state index contributed by atoms with van der Waals surface area (Å²) in [5, 5.41) is 13.6. The van der Waals surface area contributed by atoms with Gasteiger partial charge in [0.15, 0.2) is 0 Å². The minimum absolute atomic E-state index is 0.0499. The summed E-state index contributed by atoms with van der Waals surface area (Å²) in [7, 11) is -1.29. The zero-order chi connectivity index (χ0) is 29.1. The Bertz CT molecular complexity index is 1240. The Hall–Kier alpha value is -1.91. The molecule has 0 aromatic carbocycles. The molecule has 2 aliphatic rings.